The summed E-state index contributed by atoms with van der Waals surface area (Å²) < 4.78 is 29.9. The minimum atomic E-state index is -3.50. The molecule has 1 aliphatic heterocycles. The highest BCUT2D eigenvalue weighted by Crippen LogP contribution is 2.24. The summed E-state index contributed by atoms with van der Waals surface area (Å²) in [6.45, 7) is 9.76. The maximum atomic E-state index is 12.9. The van der Waals surface area contributed by atoms with E-state index in [1.54, 1.807) is 6.08 Å². The van der Waals surface area contributed by atoms with E-state index in [-0.39, 0.29) is 4.90 Å². The molecule has 1 amide bonds. The zero-order valence-corrected chi connectivity index (χ0v) is 20.0. The Balaban J connectivity index is 1.68. The molecule has 0 atom stereocenters. The van der Waals surface area contributed by atoms with Gasteiger partial charge in [0.05, 0.1) is 15.1 Å². The Labute approximate surface area is 192 Å². The van der Waals surface area contributed by atoms with E-state index < -0.39 is 15.9 Å². The van der Waals surface area contributed by atoms with Crippen LogP contribution in [0.15, 0.2) is 65.0 Å². The third-order valence-corrected chi connectivity index (χ3v) is 8.64. The van der Waals surface area contributed by atoms with Gasteiger partial charge in [0.1, 0.15) is 0 Å². The summed E-state index contributed by atoms with van der Waals surface area (Å²) in [6.07, 6.45) is 3.55. The molecule has 0 N–H and O–H groups in total. The molecular formula is C24H27N3O3S2. The molecule has 1 aromatic heterocycles. The van der Waals surface area contributed by atoms with Gasteiger partial charge in [0.2, 0.25) is 10.0 Å². The summed E-state index contributed by atoms with van der Waals surface area (Å²) >= 11 is 1.47. The van der Waals surface area contributed by atoms with Crippen LogP contribution in [-0.2, 0) is 16.6 Å². The zero-order chi connectivity index (χ0) is 22.9. The molecule has 0 unspecified atom stereocenters. The van der Waals surface area contributed by atoms with Crippen molar-refractivity contribution in [3.63, 3.8) is 0 Å². The molecule has 1 saturated heterocycles. The van der Waals surface area contributed by atoms with Gasteiger partial charge in [-0.3, -0.25) is 4.79 Å². The Morgan fingerprint density at radius 3 is 2.47 bits per heavy atom. The fraction of sp³-hybridized carbons (Fsp3) is 0.333. The third kappa shape index (κ3) is 4.35. The highest BCUT2D eigenvalue weighted by Gasteiger charge is 2.27. The monoisotopic (exact) mass is 469 g/mol. The molecule has 0 saturated carbocycles. The van der Waals surface area contributed by atoms with Crippen molar-refractivity contribution in [3.05, 3.63) is 71.0 Å². The lowest BCUT2D eigenvalue weighted by Gasteiger charge is -2.15. The maximum absolute atomic E-state index is 12.9. The highest BCUT2D eigenvalue weighted by atomic mass is 32.2. The Hall–Kier alpha value is -2.55. The number of carbonyl (C=O) groups is 1. The lowest BCUT2D eigenvalue weighted by Crippen LogP contribution is -2.27. The molecule has 0 aliphatic carbocycles. The molecule has 3 aromatic rings. The molecule has 0 bridgehead atoms. The summed E-state index contributed by atoms with van der Waals surface area (Å²) in [5, 5.41) is 0. The van der Waals surface area contributed by atoms with Crippen molar-refractivity contribution in [1.29, 1.82) is 0 Å². The number of amides is 1. The van der Waals surface area contributed by atoms with Gasteiger partial charge in [-0.2, -0.15) is 9.30 Å². The molecule has 32 heavy (non-hydrogen) atoms. The summed E-state index contributed by atoms with van der Waals surface area (Å²) in [5.41, 5.74) is 2.60. The number of aromatic nitrogens is 1. The number of hydrogen-bond donors (Lipinski definition) is 0. The van der Waals surface area contributed by atoms with Gasteiger partial charge in [0.15, 0.2) is 4.80 Å². The normalized spacial score (nSPS) is 15.7. The number of rotatable bonds is 6. The molecule has 1 fully saturated rings. The van der Waals surface area contributed by atoms with Crippen molar-refractivity contribution in [2.75, 3.05) is 13.1 Å². The molecule has 2 heterocycles. The first-order valence-electron chi connectivity index (χ1n) is 10.7. The molecule has 8 heteroatoms. The van der Waals surface area contributed by atoms with Gasteiger partial charge in [-0.05, 0) is 60.7 Å². The number of thiazole rings is 1. The standard InChI is InChI=1S/C24H27N3O3S2/c1-4-13-27-21-12-9-19(17(2)3)16-22(21)31-24(27)25-23(28)18-7-10-20(11-8-18)32(29,30)26-14-5-6-15-26/h4,7-12,16-17H,1,5-6,13-15H2,2-3H3. The average Bonchev–Trinajstić information content (AvgIpc) is 3.43. The predicted octanol–water partition coefficient (Wildman–Crippen LogP) is 4.54. The zero-order valence-electron chi connectivity index (χ0n) is 18.3. The van der Waals surface area contributed by atoms with Crippen LogP contribution in [0.2, 0.25) is 0 Å². The van der Waals surface area contributed by atoms with Crippen LogP contribution in [0.4, 0.5) is 0 Å². The third-order valence-electron chi connectivity index (χ3n) is 5.69. The molecule has 6 nitrogen and oxygen atoms in total. The second-order valence-corrected chi connectivity index (χ2v) is 11.2. The largest absolute Gasteiger partial charge is 0.312 e. The van der Waals surface area contributed by atoms with Gasteiger partial charge in [-0.25, -0.2) is 8.42 Å². The van der Waals surface area contributed by atoms with Gasteiger partial charge < -0.3 is 4.57 Å². The molecule has 4 rings (SSSR count). The van der Waals surface area contributed by atoms with Gasteiger partial charge >= 0.3 is 0 Å². The van der Waals surface area contributed by atoms with Crippen molar-refractivity contribution in [1.82, 2.24) is 8.87 Å². The van der Waals surface area contributed by atoms with Crippen LogP contribution in [-0.4, -0.2) is 36.3 Å². The molecule has 0 spiro atoms. The van der Waals surface area contributed by atoms with Crippen molar-refractivity contribution in [2.45, 2.75) is 44.0 Å². The second-order valence-electron chi connectivity index (χ2n) is 8.22. The Morgan fingerprint density at radius 2 is 1.84 bits per heavy atom. The average molecular weight is 470 g/mol. The van der Waals surface area contributed by atoms with E-state index in [2.05, 4.69) is 43.6 Å². The van der Waals surface area contributed by atoms with Crippen LogP contribution in [0.25, 0.3) is 10.2 Å². The van der Waals surface area contributed by atoms with Crippen LogP contribution < -0.4 is 4.80 Å². The Kier molecular flexibility index (Phi) is 6.46. The second kappa shape index (κ2) is 9.13. The van der Waals surface area contributed by atoms with Gasteiger partial charge in [0.25, 0.3) is 5.91 Å². The van der Waals surface area contributed by atoms with Gasteiger partial charge in [-0.15, -0.1) is 6.58 Å². The lowest BCUT2D eigenvalue weighted by atomic mass is 10.0. The first kappa shape index (κ1) is 22.6. The van der Waals surface area contributed by atoms with E-state index in [9.17, 15) is 13.2 Å². The number of carbonyl (C=O) groups excluding carboxylic acids is 1. The summed E-state index contributed by atoms with van der Waals surface area (Å²) in [5.74, 6) is 0.00954. The van der Waals surface area contributed by atoms with Crippen LogP contribution in [0.1, 0.15) is 48.5 Å². The lowest BCUT2D eigenvalue weighted by molar-refractivity contribution is 0.0998. The SMILES string of the molecule is C=CCn1c(=NC(=O)c2ccc(S(=O)(=O)N3CCCC3)cc2)sc2cc(C(C)C)ccc21. The summed E-state index contributed by atoms with van der Waals surface area (Å²) in [6, 6.07) is 12.4. The summed E-state index contributed by atoms with van der Waals surface area (Å²) in [4.78, 5) is 18.1. The first-order valence-corrected chi connectivity index (χ1v) is 13.0. The maximum Gasteiger partial charge on any atom is 0.279 e. The minimum absolute atomic E-state index is 0.209. The van der Waals surface area contributed by atoms with Crippen molar-refractivity contribution < 1.29 is 13.2 Å². The quantitative estimate of drug-likeness (QED) is 0.498. The van der Waals surface area contributed by atoms with Gasteiger partial charge in [0, 0.05) is 25.2 Å². The van der Waals surface area contributed by atoms with Crippen LogP contribution in [0, 0.1) is 0 Å². The van der Waals surface area contributed by atoms with Crippen LogP contribution in [0.3, 0.4) is 0 Å². The van der Waals surface area contributed by atoms with Gasteiger partial charge in [-0.1, -0.05) is 37.3 Å². The highest BCUT2D eigenvalue weighted by molar-refractivity contribution is 7.89. The Morgan fingerprint density at radius 1 is 1.16 bits per heavy atom. The van der Waals surface area contributed by atoms with E-state index >= 15 is 0 Å². The van der Waals surface area contributed by atoms with Crippen LogP contribution in [0.5, 0.6) is 0 Å². The summed E-state index contributed by atoms with van der Waals surface area (Å²) in [7, 11) is -3.50. The number of hydrogen-bond acceptors (Lipinski definition) is 4. The fourth-order valence-corrected chi connectivity index (χ4v) is 6.44. The van der Waals surface area contributed by atoms with Crippen LogP contribution >= 0.6 is 11.3 Å². The molecule has 1 aliphatic rings. The van der Waals surface area contributed by atoms with Crippen molar-refractivity contribution in [3.8, 4) is 0 Å². The number of fused-ring (bicyclic) bond motifs is 1. The Bertz CT molecular complexity index is 1330. The molecular weight excluding hydrogens is 442 g/mol. The molecule has 168 valence electrons. The first-order chi connectivity index (χ1) is 15.3. The van der Waals surface area contributed by atoms with E-state index in [4.69, 9.17) is 0 Å². The minimum Gasteiger partial charge on any atom is -0.312 e. The van der Waals surface area contributed by atoms with Crippen molar-refractivity contribution in [2.24, 2.45) is 4.99 Å². The fourth-order valence-electron chi connectivity index (χ4n) is 3.84. The molecule has 2 aromatic carbocycles. The number of allylic oxidation sites excluding steroid dienone is 1. The number of benzene rings is 2. The van der Waals surface area contributed by atoms with E-state index in [0.29, 0.717) is 35.9 Å². The topological polar surface area (TPSA) is 71.7 Å². The van der Waals surface area contributed by atoms with E-state index in [0.717, 1.165) is 23.1 Å². The number of nitrogens with zero attached hydrogens (tertiary/aromatic N) is 3. The smallest absolute Gasteiger partial charge is 0.279 e. The number of sulfonamides is 1. The molecule has 0 radical (unpaired) electrons. The van der Waals surface area contributed by atoms with E-state index in [1.165, 1.54) is 45.5 Å². The van der Waals surface area contributed by atoms with Crippen molar-refractivity contribution >= 4 is 37.5 Å². The van der Waals surface area contributed by atoms with E-state index in [1.807, 2.05) is 4.57 Å². The predicted molar refractivity (Wildman–Crippen MR) is 128 cm³/mol.